The molecule has 4 rings (SSSR count). The zero-order valence-corrected chi connectivity index (χ0v) is 14.4. The molecule has 1 saturated heterocycles. The van der Waals surface area contributed by atoms with E-state index in [1.165, 1.54) is 5.56 Å². The first kappa shape index (κ1) is 14.8. The maximum absolute atomic E-state index is 4.85. The summed E-state index contributed by atoms with van der Waals surface area (Å²) in [5.74, 6) is 1.69. The monoisotopic (exact) mass is 327 g/mol. The number of rotatable bonds is 3. The summed E-state index contributed by atoms with van der Waals surface area (Å²) in [5.41, 5.74) is 3.52. The van der Waals surface area contributed by atoms with Crippen molar-refractivity contribution in [1.29, 1.82) is 0 Å². The number of nitrogens with zero attached hydrogens (tertiary/aromatic N) is 4. The van der Waals surface area contributed by atoms with Gasteiger partial charge >= 0.3 is 0 Å². The number of piperidine rings is 1. The molecule has 1 aliphatic rings. The molecule has 5 nitrogen and oxygen atoms in total. The second kappa shape index (κ2) is 6.02. The quantitative estimate of drug-likeness (QED) is 0.801. The van der Waals surface area contributed by atoms with E-state index in [1.54, 1.807) is 11.3 Å². The number of aryl methyl sites for hydroxylation is 2. The van der Waals surface area contributed by atoms with Gasteiger partial charge in [-0.05, 0) is 51.4 Å². The minimum atomic E-state index is 0.536. The van der Waals surface area contributed by atoms with Crippen molar-refractivity contribution in [2.24, 2.45) is 0 Å². The van der Waals surface area contributed by atoms with Crippen LogP contribution >= 0.6 is 11.3 Å². The van der Waals surface area contributed by atoms with Gasteiger partial charge in [0.2, 0.25) is 0 Å². The van der Waals surface area contributed by atoms with E-state index in [9.17, 15) is 0 Å². The predicted molar refractivity (Wildman–Crippen MR) is 92.7 cm³/mol. The zero-order valence-electron chi connectivity index (χ0n) is 13.5. The number of aromatic amines is 1. The summed E-state index contributed by atoms with van der Waals surface area (Å²) < 4.78 is 0. The number of para-hydroxylation sites is 1. The van der Waals surface area contributed by atoms with Crippen molar-refractivity contribution in [2.75, 3.05) is 13.1 Å². The van der Waals surface area contributed by atoms with E-state index < -0.39 is 0 Å². The molecule has 1 aliphatic heterocycles. The summed E-state index contributed by atoms with van der Waals surface area (Å²) >= 11 is 1.70. The molecule has 23 heavy (non-hydrogen) atoms. The van der Waals surface area contributed by atoms with Crippen molar-refractivity contribution >= 4 is 22.4 Å². The van der Waals surface area contributed by atoms with Crippen molar-refractivity contribution < 1.29 is 0 Å². The van der Waals surface area contributed by atoms with Crippen LogP contribution in [0, 0.1) is 13.8 Å². The summed E-state index contributed by atoms with van der Waals surface area (Å²) in [5, 5.41) is 10.5. The van der Waals surface area contributed by atoms with Crippen LogP contribution < -0.4 is 0 Å². The van der Waals surface area contributed by atoms with E-state index in [1.807, 2.05) is 6.92 Å². The van der Waals surface area contributed by atoms with E-state index in [2.05, 4.69) is 45.2 Å². The van der Waals surface area contributed by atoms with Gasteiger partial charge in [-0.3, -0.25) is 4.90 Å². The van der Waals surface area contributed by atoms with Gasteiger partial charge in [0.15, 0.2) is 0 Å². The summed E-state index contributed by atoms with van der Waals surface area (Å²) in [4.78, 5) is 10.9. The molecule has 120 valence electrons. The molecule has 0 radical (unpaired) electrons. The Labute approximate surface area is 139 Å². The van der Waals surface area contributed by atoms with Gasteiger partial charge in [0, 0.05) is 5.92 Å². The molecule has 0 unspecified atom stereocenters. The van der Waals surface area contributed by atoms with Crippen molar-refractivity contribution in [2.45, 2.75) is 39.2 Å². The van der Waals surface area contributed by atoms with Crippen LogP contribution in [0.4, 0.5) is 0 Å². The molecular weight excluding hydrogens is 306 g/mol. The van der Waals surface area contributed by atoms with Gasteiger partial charge in [-0.1, -0.05) is 12.1 Å². The van der Waals surface area contributed by atoms with Crippen LogP contribution in [0.25, 0.3) is 11.0 Å². The molecule has 1 N–H and O–H groups in total. The van der Waals surface area contributed by atoms with Crippen LogP contribution in [0.2, 0.25) is 0 Å². The fourth-order valence-corrected chi connectivity index (χ4v) is 4.10. The fourth-order valence-electron chi connectivity index (χ4n) is 3.35. The van der Waals surface area contributed by atoms with E-state index in [0.29, 0.717) is 5.92 Å². The van der Waals surface area contributed by atoms with Crippen LogP contribution in [-0.4, -0.2) is 38.2 Å². The standard InChI is InChI=1S/C17H21N5S/c1-11-4-3-5-14-16(11)19-17(18-14)13-6-8-22(9-7-13)10-15-21-20-12(2)23-15/h3-5,13H,6-10H2,1-2H3,(H,18,19). The Morgan fingerprint density at radius 1 is 1.22 bits per heavy atom. The van der Waals surface area contributed by atoms with E-state index in [0.717, 1.165) is 59.3 Å². The molecule has 1 fully saturated rings. The van der Waals surface area contributed by atoms with Crippen molar-refractivity contribution in [3.8, 4) is 0 Å². The number of H-pyrrole nitrogens is 1. The average Bonchev–Trinajstić information content (AvgIpc) is 3.15. The van der Waals surface area contributed by atoms with Gasteiger partial charge in [-0.15, -0.1) is 21.5 Å². The van der Waals surface area contributed by atoms with Gasteiger partial charge in [0.1, 0.15) is 15.8 Å². The van der Waals surface area contributed by atoms with Crippen LogP contribution in [0.5, 0.6) is 0 Å². The maximum Gasteiger partial charge on any atom is 0.131 e. The minimum Gasteiger partial charge on any atom is -0.342 e. The summed E-state index contributed by atoms with van der Waals surface area (Å²) in [6.45, 7) is 7.26. The lowest BCUT2D eigenvalue weighted by molar-refractivity contribution is 0.201. The van der Waals surface area contributed by atoms with E-state index in [-0.39, 0.29) is 0 Å². The number of nitrogens with one attached hydrogen (secondary N) is 1. The highest BCUT2D eigenvalue weighted by atomic mass is 32.1. The number of aromatic nitrogens is 4. The zero-order chi connectivity index (χ0) is 15.8. The van der Waals surface area contributed by atoms with Gasteiger partial charge < -0.3 is 4.98 Å². The topological polar surface area (TPSA) is 57.7 Å². The molecule has 0 bridgehead atoms. The third-order valence-electron chi connectivity index (χ3n) is 4.63. The van der Waals surface area contributed by atoms with Crippen LogP contribution in [0.1, 0.15) is 40.2 Å². The second-order valence-electron chi connectivity index (χ2n) is 6.36. The maximum atomic E-state index is 4.85. The molecule has 0 amide bonds. The van der Waals surface area contributed by atoms with Gasteiger partial charge in [-0.25, -0.2) is 4.98 Å². The molecular formula is C17H21N5S. The van der Waals surface area contributed by atoms with E-state index in [4.69, 9.17) is 4.98 Å². The lowest BCUT2D eigenvalue weighted by Crippen LogP contribution is -2.32. The third-order valence-corrected chi connectivity index (χ3v) is 5.46. The molecule has 6 heteroatoms. The van der Waals surface area contributed by atoms with Gasteiger partial charge in [-0.2, -0.15) is 0 Å². The van der Waals surface area contributed by atoms with E-state index >= 15 is 0 Å². The first-order valence-corrected chi connectivity index (χ1v) is 8.97. The summed E-state index contributed by atoms with van der Waals surface area (Å²) in [6, 6.07) is 6.33. The molecule has 0 atom stereocenters. The third kappa shape index (κ3) is 3.01. The van der Waals surface area contributed by atoms with Crippen molar-refractivity contribution in [3.63, 3.8) is 0 Å². The Morgan fingerprint density at radius 2 is 2.04 bits per heavy atom. The number of fused-ring (bicyclic) bond motifs is 1. The highest BCUT2D eigenvalue weighted by Gasteiger charge is 2.24. The summed E-state index contributed by atoms with van der Waals surface area (Å²) in [6.07, 6.45) is 2.30. The molecule has 0 saturated carbocycles. The molecule has 3 heterocycles. The molecule has 1 aromatic carbocycles. The smallest absolute Gasteiger partial charge is 0.131 e. The van der Waals surface area contributed by atoms with Crippen molar-refractivity contribution in [1.82, 2.24) is 25.1 Å². The number of likely N-dealkylation sites (tertiary alicyclic amines) is 1. The normalized spacial score (nSPS) is 17.1. The predicted octanol–water partition coefficient (Wildman–Crippen LogP) is 3.41. The number of hydrogen-bond donors (Lipinski definition) is 1. The molecule has 0 aliphatic carbocycles. The van der Waals surface area contributed by atoms with Crippen LogP contribution in [-0.2, 0) is 6.54 Å². The molecule has 0 spiro atoms. The minimum absolute atomic E-state index is 0.536. The number of imidazole rings is 1. The van der Waals surface area contributed by atoms with Gasteiger partial charge in [0.05, 0.1) is 17.6 Å². The van der Waals surface area contributed by atoms with Crippen molar-refractivity contribution in [3.05, 3.63) is 39.6 Å². The highest BCUT2D eigenvalue weighted by Crippen LogP contribution is 2.29. The number of benzene rings is 1. The largest absolute Gasteiger partial charge is 0.342 e. The second-order valence-corrected chi connectivity index (χ2v) is 7.62. The first-order chi connectivity index (χ1) is 11.2. The Morgan fingerprint density at radius 3 is 2.74 bits per heavy atom. The van der Waals surface area contributed by atoms with Crippen LogP contribution in [0.15, 0.2) is 18.2 Å². The van der Waals surface area contributed by atoms with Crippen LogP contribution in [0.3, 0.4) is 0 Å². The lowest BCUT2D eigenvalue weighted by atomic mass is 9.96. The Bertz CT molecular complexity index is 813. The fraction of sp³-hybridized carbons (Fsp3) is 0.471. The van der Waals surface area contributed by atoms with Gasteiger partial charge in [0.25, 0.3) is 0 Å². The molecule has 2 aromatic heterocycles. The Balaban J connectivity index is 1.43. The summed E-state index contributed by atoms with van der Waals surface area (Å²) in [7, 11) is 0. The highest BCUT2D eigenvalue weighted by molar-refractivity contribution is 7.11. The average molecular weight is 327 g/mol. The Hall–Kier alpha value is -1.79. The number of hydrogen-bond acceptors (Lipinski definition) is 5. The molecule has 3 aromatic rings. The Kier molecular flexibility index (Phi) is 3.87. The lowest BCUT2D eigenvalue weighted by Gasteiger charge is -2.30. The SMILES string of the molecule is Cc1nnc(CN2CCC(c3nc4c(C)cccc4[nH]3)CC2)s1. The first-order valence-electron chi connectivity index (χ1n) is 8.15.